The molecule has 0 N–H and O–H groups in total. The number of carbonyl (C=O) groups is 4. The van der Waals surface area contributed by atoms with Crippen LogP contribution in [0.3, 0.4) is 0 Å². The molecule has 1 aromatic heterocycles. The summed E-state index contributed by atoms with van der Waals surface area (Å²) in [5.74, 6) is -1.89. The van der Waals surface area contributed by atoms with E-state index in [-0.39, 0.29) is 19.6 Å². The fraction of sp³-hybridized carbons (Fsp3) is 0.200. The van der Waals surface area contributed by atoms with Crippen molar-refractivity contribution in [3.8, 4) is 0 Å². The number of hydrogen-bond acceptors (Lipinski definition) is 5. The largest absolute Gasteiger partial charge is 0.467 e. The van der Waals surface area contributed by atoms with Gasteiger partial charge in [0, 0.05) is 13.1 Å². The van der Waals surface area contributed by atoms with Crippen LogP contribution in [-0.4, -0.2) is 51.5 Å². The topological polar surface area (TPSA) is 91.1 Å². The Morgan fingerprint density at radius 1 is 1.00 bits per heavy atom. The number of furan rings is 1. The maximum atomic E-state index is 12.9. The van der Waals surface area contributed by atoms with E-state index in [0.29, 0.717) is 10.7 Å². The minimum atomic E-state index is -1.02. The Balaban J connectivity index is 1.77. The van der Waals surface area contributed by atoms with Crippen molar-refractivity contribution in [2.24, 2.45) is 0 Å². The highest BCUT2D eigenvalue weighted by molar-refractivity contribution is 6.45. The van der Waals surface area contributed by atoms with E-state index in [1.165, 1.54) is 17.2 Å². The Morgan fingerprint density at radius 2 is 1.71 bits per heavy atom. The smallest absolute Gasteiger partial charge is 0.335 e. The van der Waals surface area contributed by atoms with E-state index in [1.807, 2.05) is 30.3 Å². The second kappa shape index (κ2) is 8.34. The lowest BCUT2D eigenvalue weighted by Gasteiger charge is -2.24. The summed E-state index contributed by atoms with van der Waals surface area (Å²) in [6, 6.07) is 11.9. The van der Waals surface area contributed by atoms with Crippen LogP contribution in [0.4, 0.5) is 4.79 Å². The van der Waals surface area contributed by atoms with E-state index in [2.05, 4.69) is 6.58 Å². The van der Waals surface area contributed by atoms with Crippen molar-refractivity contribution in [2.75, 3.05) is 13.1 Å². The molecule has 1 aliphatic heterocycles. The Kier molecular flexibility index (Phi) is 5.69. The van der Waals surface area contributed by atoms with Gasteiger partial charge in [0.05, 0.1) is 12.8 Å². The van der Waals surface area contributed by atoms with Crippen LogP contribution in [0.5, 0.6) is 0 Å². The molecule has 2 aromatic rings. The van der Waals surface area contributed by atoms with E-state index < -0.39 is 30.3 Å². The van der Waals surface area contributed by atoms with Crippen molar-refractivity contribution < 1.29 is 23.6 Å². The molecule has 1 saturated heterocycles. The Labute approximate surface area is 161 Å². The number of imide groups is 2. The Morgan fingerprint density at radius 3 is 2.36 bits per heavy atom. The van der Waals surface area contributed by atoms with Gasteiger partial charge in [-0.3, -0.25) is 19.3 Å². The molecule has 8 nitrogen and oxygen atoms in total. The van der Waals surface area contributed by atoms with Crippen molar-refractivity contribution in [1.82, 2.24) is 14.7 Å². The van der Waals surface area contributed by atoms with Crippen LogP contribution in [0.25, 0.3) is 0 Å². The van der Waals surface area contributed by atoms with Crippen molar-refractivity contribution in [3.63, 3.8) is 0 Å². The lowest BCUT2D eigenvalue weighted by molar-refractivity contribution is -0.145. The highest BCUT2D eigenvalue weighted by Gasteiger charge is 2.45. The molecule has 8 heteroatoms. The number of amides is 5. The first-order chi connectivity index (χ1) is 13.5. The predicted molar refractivity (Wildman–Crippen MR) is 98.4 cm³/mol. The molecule has 1 fully saturated rings. The van der Waals surface area contributed by atoms with E-state index in [9.17, 15) is 19.2 Å². The fourth-order valence-electron chi connectivity index (χ4n) is 2.84. The second-order valence-electron chi connectivity index (χ2n) is 6.19. The average molecular weight is 381 g/mol. The molecule has 1 aliphatic rings. The summed E-state index contributed by atoms with van der Waals surface area (Å²) in [4.78, 5) is 52.2. The van der Waals surface area contributed by atoms with E-state index >= 15 is 0 Å². The molecule has 0 unspecified atom stereocenters. The van der Waals surface area contributed by atoms with Gasteiger partial charge in [-0.1, -0.05) is 36.4 Å². The molecule has 144 valence electrons. The molecule has 0 radical (unpaired) electrons. The first kappa shape index (κ1) is 19.1. The van der Waals surface area contributed by atoms with Crippen LogP contribution in [-0.2, 0) is 27.5 Å². The second-order valence-corrected chi connectivity index (χ2v) is 6.19. The van der Waals surface area contributed by atoms with Gasteiger partial charge < -0.3 is 9.32 Å². The SMILES string of the molecule is C=CCN1C(=O)C(=O)N(CC(=O)N(Cc2ccccc2)Cc2ccco2)C1=O. The molecule has 2 heterocycles. The first-order valence-corrected chi connectivity index (χ1v) is 8.63. The van der Waals surface area contributed by atoms with Gasteiger partial charge in [-0.15, -0.1) is 6.58 Å². The van der Waals surface area contributed by atoms with E-state index in [0.717, 1.165) is 10.5 Å². The third-order valence-electron chi connectivity index (χ3n) is 4.24. The highest BCUT2D eigenvalue weighted by Crippen LogP contribution is 2.15. The van der Waals surface area contributed by atoms with E-state index in [4.69, 9.17) is 4.42 Å². The zero-order valence-electron chi connectivity index (χ0n) is 15.1. The standard InChI is InChI=1S/C20H19N3O5/c1-2-10-22-18(25)19(26)23(20(22)27)14-17(24)21(13-16-9-6-11-28-16)12-15-7-4-3-5-8-15/h2-9,11H,1,10,12-14H2. The quantitative estimate of drug-likeness (QED) is 0.395. The summed E-state index contributed by atoms with van der Waals surface area (Å²) >= 11 is 0. The van der Waals surface area contributed by atoms with Gasteiger partial charge in [0.25, 0.3) is 0 Å². The molecule has 0 saturated carbocycles. The molecule has 28 heavy (non-hydrogen) atoms. The maximum absolute atomic E-state index is 12.9. The minimum absolute atomic E-state index is 0.0891. The fourth-order valence-corrected chi connectivity index (χ4v) is 2.84. The summed E-state index contributed by atoms with van der Waals surface area (Å²) in [7, 11) is 0. The Bertz CT molecular complexity index is 892. The van der Waals surface area contributed by atoms with Gasteiger partial charge in [-0.2, -0.15) is 0 Å². The lowest BCUT2D eigenvalue weighted by atomic mass is 10.2. The van der Waals surface area contributed by atoms with Crippen molar-refractivity contribution in [3.05, 3.63) is 72.7 Å². The number of hydrogen-bond donors (Lipinski definition) is 0. The van der Waals surface area contributed by atoms with Gasteiger partial charge in [0.2, 0.25) is 5.91 Å². The molecule has 0 spiro atoms. The number of urea groups is 1. The van der Waals surface area contributed by atoms with Crippen molar-refractivity contribution >= 4 is 23.8 Å². The van der Waals surface area contributed by atoms with Gasteiger partial charge >= 0.3 is 17.8 Å². The third kappa shape index (κ3) is 4.01. The molecule has 0 bridgehead atoms. The number of rotatable bonds is 8. The molecule has 5 amide bonds. The summed E-state index contributed by atoms with van der Waals surface area (Å²) in [5, 5.41) is 0. The number of carbonyl (C=O) groups excluding carboxylic acids is 4. The first-order valence-electron chi connectivity index (χ1n) is 8.63. The van der Waals surface area contributed by atoms with Gasteiger partial charge in [0.1, 0.15) is 12.3 Å². The number of nitrogens with zero attached hydrogens (tertiary/aromatic N) is 3. The number of benzene rings is 1. The van der Waals surface area contributed by atoms with Gasteiger partial charge in [0.15, 0.2) is 0 Å². The molecule has 0 aliphatic carbocycles. The summed E-state index contributed by atoms with van der Waals surface area (Å²) < 4.78 is 5.32. The van der Waals surface area contributed by atoms with Crippen LogP contribution in [0.1, 0.15) is 11.3 Å². The average Bonchev–Trinajstić information content (AvgIpc) is 3.27. The molecule has 3 rings (SSSR count). The van der Waals surface area contributed by atoms with Crippen molar-refractivity contribution in [2.45, 2.75) is 13.1 Å². The lowest BCUT2D eigenvalue weighted by Crippen LogP contribution is -2.43. The van der Waals surface area contributed by atoms with Crippen LogP contribution in [0.15, 0.2) is 65.8 Å². The van der Waals surface area contributed by atoms with Crippen molar-refractivity contribution in [1.29, 1.82) is 0 Å². The highest BCUT2D eigenvalue weighted by atomic mass is 16.3. The summed E-state index contributed by atoms with van der Waals surface area (Å²) in [6.45, 7) is 3.28. The molecule has 1 aromatic carbocycles. The maximum Gasteiger partial charge on any atom is 0.335 e. The monoisotopic (exact) mass is 381 g/mol. The zero-order chi connectivity index (χ0) is 20.1. The zero-order valence-corrected chi connectivity index (χ0v) is 15.1. The summed E-state index contributed by atoms with van der Waals surface area (Å²) in [5.41, 5.74) is 0.880. The van der Waals surface area contributed by atoms with Gasteiger partial charge in [-0.25, -0.2) is 9.69 Å². The minimum Gasteiger partial charge on any atom is -0.467 e. The van der Waals surface area contributed by atoms with Crippen LogP contribution >= 0.6 is 0 Å². The Hall–Kier alpha value is -3.68. The van der Waals surface area contributed by atoms with Crippen LogP contribution in [0.2, 0.25) is 0 Å². The molecule has 0 atom stereocenters. The third-order valence-corrected chi connectivity index (χ3v) is 4.24. The molecular formula is C20H19N3O5. The summed E-state index contributed by atoms with van der Waals surface area (Å²) in [6.07, 6.45) is 2.84. The van der Waals surface area contributed by atoms with Crippen LogP contribution in [0, 0.1) is 0 Å². The normalized spacial score (nSPS) is 13.9. The molecular weight excluding hydrogens is 362 g/mol. The van der Waals surface area contributed by atoms with Gasteiger partial charge in [-0.05, 0) is 17.7 Å². The predicted octanol–water partition coefficient (Wildman–Crippen LogP) is 1.79. The van der Waals surface area contributed by atoms with Crippen LogP contribution < -0.4 is 0 Å². The van der Waals surface area contributed by atoms with E-state index in [1.54, 1.807) is 12.1 Å².